The first-order valence-corrected chi connectivity index (χ1v) is 7.13. The highest BCUT2D eigenvalue weighted by Gasteiger charge is 2.18. The van der Waals surface area contributed by atoms with Gasteiger partial charge in [-0.15, -0.1) is 0 Å². The van der Waals surface area contributed by atoms with Crippen LogP contribution in [0.15, 0.2) is 32.0 Å². The maximum atomic E-state index is 11.7. The predicted molar refractivity (Wildman–Crippen MR) is 66.2 cm³/mol. The van der Waals surface area contributed by atoms with Gasteiger partial charge in [0.1, 0.15) is 0 Å². The molecule has 5 nitrogen and oxygen atoms in total. The Morgan fingerprint density at radius 1 is 1.38 bits per heavy atom. The van der Waals surface area contributed by atoms with Crippen LogP contribution in [-0.4, -0.2) is 20.9 Å². The number of hydrogen-bond donors (Lipinski definition) is 2. The highest BCUT2D eigenvalue weighted by Crippen LogP contribution is 2.25. The monoisotopic (exact) mass is 370 g/mol. The molecule has 0 bridgehead atoms. The van der Waals surface area contributed by atoms with E-state index in [0.717, 1.165) is 0 Å². The second-order valence-corrected chi connectivity index (χ2v) is 6.37. The van der Waals surface area contributed by atoms with E-state index in [-0.39, 0.29) is 4.90 Å². The topological polar surface area (TPSA) is 89.3 Å². The Morgan fingerprint density at radius 2 is 2.00 bits per heavy atom. The van der Waals surface area contributed by atoms with Crippen molar-refractivity contribution in [2.24, 2.45) is 5.73 Å². The Labute approximate surface area is 110 Å². The van der Waals surface area contributed by atoms with E-state index in [1.807, 2.05) is 0 Å². The van der Waals surface area contributed by atoms with Gasteiger partial charge in [0, 0.05) is 8.95 Å². The number of primary amides is 1. The zero-order chi connectivity index (χ0) is 12.3. The summed E-state index contributed by atoms with van der Waals surface area (Å²) in [5, 5.41) is 0. The molecule has 0 heterocycles. The third-order valence-electron chi connectivity index (χ3n) is 1.62. The number of nitrogens with two attached hydrogens (primary N) is 1. The molecule has 0 atom stereocenters. The molecule has 0 saturated carbocycles. The zero-order valence-electron chi connectivity index (χ0n) is 7.91. The van der Waals surface area contributed by atoms with E-state index in [0.29, 0.717) is 8.95 Å². The summed E-state index contributed by atoms with van der Waals surface area (Å²) >= 11 is 6.28. The third kappa shape index (κ3) is 3.55. The molecule has 0 fully saturated rings. The Morgan fingerprint density at radius 3 is 2.56 bits per heavy atom. The van der Waals surface area contributed by atoms with Crippen molar-refractivity contribution in [1.82, 2.24) is 4.72 Å². The van der Waals surface area contributed by atoms with Gasteiger partial charge in [-0.25, -0.2) is 13.1 Å². The summed E-state index contributed by atoms with van der Waals surface area (Å²) in [7, 11) is -3.74. The minimum atomic E-state index is -3.74. The molecule has 1 amide bonds. The number of hydrogen-bond acceptors (Lipinski definition) is 3. The molecule has 0 aliphatic rings. The molecule has 0 aliphatic carbocycles. The number of rotatable bonds is 4. The SMILES string of the molecule is NC(=O)CNS(=O)(=O)c1cc(Br)ccc1Br. The van der Waals surface area contributed by atoms with Crippen LogP contribution in [0.4, 0.5) is 0 Å². The normalized spacial score (nSPS) is 11.4. The third-order valence-corrected chi connectivity index (χ3v) is 4.51. The molecule has 8 heteroatoms. The number of sulfonamides is 1. The van der Waals surface area contributed by atoms with Crippen LogP contribution >= 0.6 is 31.9 Å². The van der Waals surface area contributed by atoms with Crippen LogP contribution in [-0.2, 0) is 14.8 Å². The molecule has 0 aliphatic heterocycles. The molecular formula is C8H8Br2N2O3S. The lowest BCUT2D eigenvalue weighted by atomic mass is 10.4. The summed E-state index contributed by atoms with van der Waals surface area (Å²) in [6, 6.07) is 4.70. The minimum Gasteiger partial charge on any atom is -0.369 e. The second-order valence-electron chi connectivity index (χ2n) is 2.87. The van der Waals surface area contributed by atoms with Gasteiger partial charge in [0.15, 0.2) is 0 Å². The van der Waals surface area contributed by atoms with Crippen LogP contribution in [0.3, 0.4) is 0 Å². The lowest BCUT2D eigenvalue weighted by Crippen LogP contribution is -2.33. The van der Waals surface area contributed by atoms with Crippen molar-refractivity contribution in [1.29, 1.82) is 0 Å². The number of carbonyl (C=O) groups excluding carboxylic acids is 1. The molecule has 0 saturated heterocycles. The van der Waals surface area contributed by atoms with Gasteiger partial charge in [-0.2, -0.15) is 0 Å². The van der Waals surface area contributed by atoms with Gasteiger partial charge < -0.3 is 5.73 Å². The first-order chi connectivity index (χ1) is 7.33. The van der Waals surface area contributed by atoms with Crippen LogP contribution in [0.25, 0.3) is 0 Å². The lowest BCUT2D eigenvalue weighted by Gasteiger charge is -2.07. The summed E-state index contributed by atoms with van der Waals surface area (Å²) in [5.74, 6) is -0.741. The molecular weight excluding hydrogens is 364 g/mol. The van der Waals surface area contributed by atoms with E-state index in [9.17, 15) is 13.2 Å². The summed E-state index contributed by atoms with van der Waals surface area (Å²) in [6.45, 7) is -0.429. The molecule has 0 aromatic heterocycles. The molecule has 1 aromatic rings. The van der Waals surface area contributed by atoms with Crippen molar-refractivity contribution in [2.45, 2.75) is 4.90 Å². The molecule has 16 heavy (non-hydrogen) atoms. The van der Waals surface area contributed by atoms with E-state index in [1.165, 1.54) is 6.07 Å². The molecule has 1 aromatic carbocycles. The molecule has 0 spiro atoms. The van der Waals surface area contributed by atoms with Crippen LogP contribution in [0.5, 0.6) is 0 Å². The number of benzene rings is 1. The van der Waals surface area contributed by atoms with E-state index < -0.39 is 22.5 Å². The summed E-state index contributed by atoms with van der Waals surface area (Å²) in [5.41, 5.74) is 4.86. The van der Waals surface area contributed by atoms with Crippen LogP contribution < -0.4 is 10.5 Å². The van der Waals surface area contributed by atoms with Crippen LogP contribution in [0.2, 0.25) is 0 Å². The maximum Gasteiger partial charge on any atom is 0.242 e. The van der Waals surface area contributed by atoms with Crippen molar-refractivity contribution >= 4 is 47.8 Å². The molecule has 0 unspecified atom stereocenters. The van der Waals surface area contributed by atoms with Crippen LogP contribution in [0.1, 0.15) is 0 Å². The second kappa shape index (κ2) is 5.26. The Bertz CT molecular complexity index is 516. The molecule has 3 N–H and O–H groups in total. The van der Waals surface area contributed by atoms with Crippen LogP contribution in [0, 0.1) is 0 Å². The first-order valence-electron chi connectivity index (χ1n) is 4.06. The average Bonchev–Trinajstić information content (AvgIpc) is 2.19. The Balaban J connectivity index is 3.07. The summed E-state index contributed by atoms with van der Waals surface area (Å²) in [4.78, 5) is 10.5. The predicted octanol–water partition coefficient (Wildman–Crippen LogP) is 0.975. The minimum absolute atomic E-state index is 0.0446. The van der Waals surface area contributed by atoms with Crippen molar-refractivity contribution in [3.8, 4) is 0 Å². The van der Waals surface area contributed by atoms with E-state index >= 15 is 0 Å². The highest BCUT2D eigenvalue weighted by atomic mass is 79.9. The van der Waals surface area contributed by atoms with Crippen molar-refractivity contribution in [2.75, 3.05) is 6.54 Å². The van der Waals surface area contributed by atoms with E-state index in [1.54, 1.807) is 12.1 Å². The van der Waals surface area contributed by atoms with E-state index in [4.69, 9.17) is 5.73 Å². The number of carbonyl (C=O) groups is 1. The van der Waals surface area contributed by atoms with Crippen molar-refractivity contribution < 1.29 is 13.2 Å². The van der Waals surface area contributed by atoms with Gasteiger partial charge in [0.05, 0.1) is 11.4 Å². The maximum absolute atomic E-state index is 11.7. The van der Waals surface area contributed by atoms with Crippen molar-refractivity contribution in [3.63, 3.8) is 0 Å². The number of halogens is 2. The smallest absolute Gasteiger partial charge is 0.242 e. The van der Waals surface area contributed by atoms with Crippen molar-refractivity contribution in [3.05, 3.63) is 27.1 Å². The Hall–Kier alpha value is -0.440. The number of nitrogens with one attached hydrogen (secondary N) is 1. The van der Waals surface area contributed by atoms with Gasteiger partial charge in [-0.1, -0.05) is 15.9 Å². The van der Waals surface area contributed by atoms with E-state index in [2.05, 4.69) is 36.6 Å². The quantitative estimate of drug-likeness (QED) is 0.826. The fraction of sp³-hybridized carbons (Fsp3) is 0.125. The molecule has 1 rings (SSSR count). The van der Waals surface area contributed by atoms with Gasteiger partial charge >= 0.3 is 0 Å². The fourth-order valence-corrected chi connectivity index (χ4v) is 3.42. The van der Waals surface area contributed by atoms with Gasteiger partial charge in [-0.05, 0) is 34.1 Å². The zero-order valence-corrected chi connectivity index (χ0v) is 11.9. The highest BCUT2D eigenvalue weighted by molar-refractivity contribution is 9.11. The largest absolute Gasteiger partial charge is 0.369 e. The standard InChI is InChI=1S/C8H8Br2N2O3S/c9-5-1-2-6(10)7(3-5)16(14,15)12-4-8(11)13/h1-3,12H,4H2,(H2,11,13). The average molecular weight is 372 g/mol. The molecule has 88 valence electrons. The lowest BCUT2D eigenvalue weighted by molar-refractivity contribution is -0.116. The first kappa shape index (κ1) is 13.6. The Kier molecular flexibility index (Phi) is 4.48. The van der Waals surface area contributed by atoms with Gasteiger partial charge in [-0.3, -0.25) is 4.79 Å². The van der Waals surface area contributed by atoms with Gasteiger partial charge in [0.2, 0.25) is 15.9 Å². The fourth-order valence-electron chi connectivity index (χ4n) is 0.927. The van der Waals surface area contributed by atoms with Gasteiger partial charge in [0.25, 0.3) is 0 Å². The molecule has 0 radical (unpaired) electrons. The summed E-state index contributed by atoms with van der Waals surface area (Å²) < 4.78 is 26.6. The summed E-state index contributed by atoms with van der Waals surface area (Å²) in [6.07, 6.45) is 0. The number of amides is 1.